The lowest BCUT2D eigenvalue weighted by Gasteiger charge is -2.11. The maximum absolute atomic E-state index is 4.65. The zero-order chi connectivity index (χ0) is 12.4. The van der Waals surface area contributed by atoms with E-state index in [0.29, 0.717) is 0 Å². The predicted octanol–water partition coefficient (Wildman–Crippen LogP) is 2.30. The van der Waals surface area contributed by atoms with Crippen molar-refractivity contribution in [1.82, 2.24) is 20.1 Å². The summed E-state index contributed by atoms with van der Waals surface area (Å²) >= 11 is 3.25. The van der Waals surface area contributed by atoms with Crippen LogP contribution in [0.25, 0.3) is 10.7 Å². The van der Waals surface area contributed by atoms with Gasteiger partial charge in [-0.1, -0.05) is 11.3 Å². The monoisotopic (exact) mass is 281 g/mol. The highest BCUT2D eigenvalue weighted by Crippen LogP contribution is 2.27. The lowest BCUT2D eigenvalue weighted by Crippen LogP contribution is -2.18. The molecule has 18 heavy (non-hydrogen) atoms. The third-order valence-corrected chi connectivity index (χ3v) is 4.76. The third kappa shape index (κ3) is 2.52. The predicted molar refractivity (Wildman–Crippen MR) is 75.1 cm³/mol. The number of thiazole rings is 1. The van der Waals surface area contributed by atoms with Crippen molar-refractivity contribution in [2.75, 3.05) is 25.5 Å². The molecule has 0 radical (unpaired) electrons. The summed E-state index contributed by atoms with van der Waals surface area (Å²) in [6, 6.07) is 0. The van der Waals surface area contributed by atoms with Crippen molar-refractivity contribution < 1.29 is 0 Å². The molecule has 0 amide bonds. The second-order valence-corrected chi connectivity index (χ2v) is 6.19. The molecule has 0 unspecified atom stereocenters. The van der Waals surface area contributed by atoms with E-state index in [4.69, 9.17) is 0 Å². The van der Waals surface area contributed by atoms with Gasteiger partial charge >= 0.3 is 0 Å². The summed E-state index contributed by atoms with van der Waals surface area (Å²) in [5.41, 5.74) is 0.952. The molecule has 0 spiro atoms. The topological polar surface area (TPSA) is 53.9 Å². The first kappa shape index (κ1) is 12.0. The fraction of sp³-hybridized carbons (Fsp3) is 0.545. The van der Waals surface area contributed by atoms with Crippen molar-refractivity contribution in [1.29, 1.82) is 0 Å². The number of aromatic nitrogens is 3. The molecule has 2 aromatic heterocycles. The Labute approximate surface area is 114 Å². The number of hydrogen-bond donors (Lipinski definition) is 1. The van der Waals surface area contributed by atoms with E-state index in [1.54, 1.807) is 11.3 Å². The van der Waals surface area contributed by atoms with Gasteiger partial charge in [0.25, 0.3) is 0 Å². The van der Waals surface area contributed by atoms with Gasteiger partial charge in [-0.05, 0) is 25.9 Å². The summed E-state index contributed by atoms with van der Waals surface area (Å²) in [5.74, 6) is 0. The van der Waals surface area contributed by atoms with Gasteiger partial charge in [0.05, 0.1) is 6.54 Å². The Morgan fingerprint density at radius 2 is 2.17 bits per heavy atom. The van der Waals surface area contributed by atoms with E-state index in [1.165, 1.54) is 42.3 Å². The molecule has 2 aromatic rings. The fourth-order valence-electron chi connectivity index (χ4n) is 2.04. The van der Waals surface area contributed by atoms with E-state index in [-0.39, 0.29) is 0 Å². The summed E-state index contributed by atoms with van der Waals surface area (Å²) in [6.07, 6.45) is 2.64. The van der Waals surface area contributed by atoms with Gasteiger partial charge < -0.3 is 5.32 Å². The summed E-state index contributed by atoms with van der Waals surface area (Å²) in [6.45, 7) is 3.39. The Hall–Kier alpha value is -1.05. The molecule has 0 aliphatic carbocycles. The highest BCUT2D eigenvalue weighted by molar-refractivity contribution is 7.18. The van der Waals surface area contributed by atoms with Crippen LogP contribution in [0.1, 0.15) is 17.8 Å². The van der Waals surface area contributed by atoms with Gasteiger partial charge in [-0.3, -0.25) is 4.90 Å². The number of likely N-dealkylation sites (tertiary alicyclic amines) is 1. The third-order valence-electron chi connectivity index (χ3n) is 2.97. The molecule has 1 aliphatic heterocycles. The van der Waals surface area contributed by atoms with Crippen molar-refractivity contribution in [3.05, 3.63) is 10.4 Å². The smallest absolute Gasteiger partial charge is 0.205 e. The Kier molecular flexibility index (Phi) is 3.53. The summed E-state index contributed by atoms with van der Waals surface area (Å²) in [7, 11) is 1.85. The standard InChI is InChI=1S/C11H15N5S2/c1-12-11-15-14-10(18-11)8-7-17-9(13-8)6-16-4-2-3-5-16/h7H,2-6H2,1H3,(H,12,15). The van der Waals surface area contributed by atoms with Crippen molar-refractivity contribution in [2.45, 2.75) is 19.4 Å². The molecular formula is C11H15N5S2. The highest BCUT2D eigenvalue weighted by Gasteiger charge is 2.15. The summed E-state index contributed by atoms with van der Waals surface area (Å²) in [5, 5.41) is 16.1. The van der Waals surface area contributed by atoms with Crippen LogP contribution in [0.3, 0.4) is 0 Å². The van der Waals surface area contributed by atoms with Gasteiger partial charge in [-0.15, -0.1) is 21.5 Å². The number of nitrogens with one attached hydrogen (secondary N) is 1. The summed E-state index contributed by atoms with van der Waals surface area (Å²) in [4.78, 5) is 7.11. The van der Waals surface area contributed by atoms with Gasteiger partial charge in [-0.2, -0.15) is 0 Å². The molecule has 1 aliphatic rings. The van der Waals surface area contributed by atoms with Crippen LogP contribution in [0.4, 0.5) is 5.13 Å². The molecule has 1 fully saturated rings. The van der Waals surface area contributed by atoms with Crippen molar-refractivity contribution >= 4 is 27.8 Å². The zero-order valence-electron chi connectivity index (χ0n) is 10.2. The zero-order valence-corrected chi connectivity index (χ0v) is 11.9. The number of rotatable bonds is 4. The molecular weight excluding hydrogens is 266 g/mol. The lowest BCUT2D eigenvalue weighted by molar-refractivity contribution is 0.331. The van der Waals surface area contributed by atoms with Crippen LogP contribution in [0, 0.1) is 0 Å². The Bertz CT molecular complexity index is 515. The number of anilines is 1. The maximum atomic E-state index is 4.65. The van der Waals surface area contributed by atoms with Gasteiger partial charge in [0, 0.05) is 12.4 Å². The second-order valence-electron chi connectivity index (χ2n) is 4.27. The molecule has 0 bridgehead atoms. The van der Waals surface area contributed by atoms with E-state index in [2.05, 4.69) is 30.8 Å². The van der Waals surface area contributed by atoms with E-state index < -0.39 is 0 Å². The van der Waals surface area contributed by atoms with Gasteiger partial charge in [0.1, 0.15) is 10.7 Å². The first-order valence-corrected chi connectivity index (χ1v) is 7.73. The van der Waals surface area contributed by atoms with Gasteiger partial charge in [-0.25, -0.2) is 4.98 Å². The molecule has 1 saturated heterocycles. The van der Waals surface area contributed by atoms with Crippen molar-refractivity contribution in [2.24, 2.45) is 0 Å². The molecule has 0 saturated carbocycles. The quantitative estimate of drug-likeness (QED) is 0.932. The van der Waals surface area contributed by atoms with Crippen LogP contribution >= 0.6 is 22.7 Å². The van der Waals surface area contributed by atoms with Crippen LogP contribution in [-0.4, -0.2) is 40.2 Å². The molecule has 7 heteroatoms. The Balaban J connectivity index is 1.72. The minimum absolute atomic E-state index is 0.832. The highest BCUT2D eigenvalue weighted by atomic mass is 32.1. The number of nitrogens with zero attached hydrogens (tertiary/aromatic N) is 4. The summed E-state index contributed by atoms with van der Waals surface area (Å²) < 4.78 is 0. The first-order chi connectivity index (χ1) is 8.85. The van der Waals surface area contributed by atoms with Crippen LogP contribution in [0.15, 0.2) is 5.38 Å². The van der Waals surface area contributed by atoms with Gasteiger partial charge in [0.15, 0.2) is 5.01 Å². The van der Waals surface area contributed by atoms with Crippen molar-refractivity contribution in [3.8, 4) is 10.7 Å². The average molecular weight is 281 g/mol. The van der Waals surface area contributed by atoms with E-state index >= 15 is 0 Å². The molecule has 3 heterocycles. The van der Waals surface area contributed by atoms with E-state index in [9.17, 15) is 0 Å². The van der Waals surface area contributed by atoms with Crippen LogP contribution in [0.2, 0.25) is 0 Å². The normalized spacial score (nSPS) is 16.3. The second kappa shape index (κ2) is 5.29. The van der Waals surface area contributed by atoms with Crippen molar-refractivity contribution in [3.63, 3.8) is 0 Å². The molecule has 96 valence electrons. The van der Waals surface area contributed by atoms with E-state index in [1.807, 2.05) is 7.05 Å². The fourth-order valence-corrected chi connectivity index (χ4v) is 3.59. The largest absolute Gasteiger partial charge is 0.363 e. The minimum Gasteiger partial charge on any atom is -0.363 e. The SMILES string of the molecule is CNc1nnc(-c2csc(CN3CCCC3)n2)s1. The average Bonchev–Trinajstić information content (AvgIpc) is 3.09. The number of hydrogen-bond acceptors (Lipinski definition) is 7. The molecule has 0 atom stereocenters. The Morgan fingerprint density at radius 1 is 1.33 bits per heavy atom. The van der Waals surface area contributed by atoms with E-state index in [0.717, 1.165) is 22.4 Å². The molecule has 3 rings (SSSR count). The first-order valence-electron chi connectivity index (χ1n) is 6.03. The lowest BCUT2D eigenvalue weighted by atomic mass is 10.4. The maximum Gasteiger partial charge on any atom is 0.205 e. The molecule has 0 aromatic carbocycles. The molecule has 1 N–H and O–H groups in total. The van der Waals surface area contributed by atoms with Crippen LogP contribution in [0.5, 0.6) is 0 Å². The van der Waals surface area contributed by atoms with Crippen LogP contribution in [-0.2, 0) is 6.54 Å². The van der Waals surface area contributed by atoms with Crippen LogP contribution < -0.4 is 5.32 Å². The minimum atomic E-state index is 0.832. The van der Waals surface area contributed by atoms with Gasteiger partial charge in [0.2, 0.25) is 5.13 Å². The molecule has 5 nitrogen and oxygen atoms in total. The Morgan fingerprint density at radius 3 is 2.89 bits per heavy atom.